The smallest absolute Gasteiger partial charge is 0.419 e. The fraction of sp³-hybridized carbons (Fsp3) is 0.625. The summed E-state index contributed by atoms with van der Waals surface area (Å²) in [6.07, 6.45) is -2.69. The van der Waals surface area contributed by atoms with Gasteiger partial charge in [-0.1, -0.05) is 27.7 Å². The van der Waals surface area contributed by atoms with E-state index in [-0.39, 0.29) is 28.2 Å². The van der Waals surface area contributed by atoms with Gasteiger partial charge in [0, 0.05) is 16.4 Å². The van der Waals surface area contributed by atoms with Crippen LogP contribution in [-0.4, -0.2) is 11.1 Å². The summed E-state index contributed by atoms with van der Waals surface area (Å²) in [5.41, 5.74) is -1.94. The van der Waals surface area contributed by atoms with Crippen molar-refractivity contribution in [3.63, 3.8) is 0 Å². The number of pyridine rings is 1. The fourth-order valence-electron chi connectivity index (χ4n) is 3.87. The number of aromatic nitrogens is 1. The minimum absolute atomic E-state index is 0.0856. The molecule has 3 nitrogen and oxygen atoms in total. The van der Waals surface area contributed by atoms with Crippen LogP contribution in [-0.2, 0) is 6.18 Å². The van der Waals surface area contributed by atoms with Crippen LogP contribution in [0.2, 0.25) is 0 Å². The Morgan fingerprint density at radius 2 is 1.82 bits per heavy atom. The molecule has 0 aliphatic heterocycles. The van der Waals surface area contributed by atoms with Crippen LogP contribution in [0.25, 0.3) is 0 Å². The van der Waals surface area contributed by atoms with Crippen molar-refractivity contribution < 1.29 is 17.9 Å². The summed E-state index contributed by atoms with van der Waals surface area (Å²) in [5, 5.41) is 8.85. The van der Waals surface area contributed by atoms with Crippen molar-refractivity contribution in [3.05, 3.63) is 23.0 Å². The van der Waals surface area contributed by atoms with E-state index < -0.39 is 17.4 Å². The molecule has 1 fully saturated rings. The van der Waals surface area contributed by atoms with Gasteiger partial charge in [-0.2, -0.15) is 18.4 Å². The molecular weight excluding hydrogens is 293 g/mol. The lowest BCUT2D eigenvalue weighted by Gasteiger charge is -2.56. The van der Waals surface area contributed by atoms with E-state index in [1.807, 2.05) is 27.7 Å². The van der Waals surface area contributed by atoms with Crippen LogP contribution in [0, 0.1) is 29.1 Å². The fourth-order valence-corrected chi connectivity index (χ4v) is 3.87. The molecule has 0 N–H and O–H groups in total. The van der Waals surface area contributed by atoms with Crippen LogP contribution in [0.1, 0.15) is 50.9 Å². The molecule has 0 unspecified atom stereocenters. The monoisotopic (exact) mass is 312 g/mol. The summed E-state index contributed by atoms with van der Waals surface area (Å²) in [5.74, 6) is 0.0946. The van der Waals surface area contributed by atoms with Gasteiger partial charge < -0.3 is 4.74 Å². The zero-order valence-corrected chi connectivity index (χ0v) is 13.3. The Labute approximate surface area is 128 Å². The zero-order chi connectivity index (χ0) is 16.9. The summed E-state index contributed by atoms with van der Waals surface area (Å²) < 4.78 is 45.4. The first-order valence-corrected chi connectivity index (χ1v) is 7.04. The first kappa shape index (κ1) is 16.6. The normalized spacial score (nSPS) is 20.1. The number of hydrogen-bond donors (Lipinski definition) is 0. The highest BCUT2D eigenvalue weighted by Crippen LogP contribution is 2.55. The summed E-state index contributed by atoms with van der Waals surface area (Å²) in [4.78, 5) is 3.63. The number of nitrogens with zero attached hydrogens (tertiary/aromatic N) is 2. The molecule has 0 amide bonds. The van der Waals surface area contributed by atoms with Crippen LogP contribution in [0.5, 0.6) is 5.75 Å². The molecule has 1 aromatic rings. The average Bonchev–Trinajstić information content (AvgIpc) is 2.33. The maximum atomic E-state index is 13.2. The third-order valence-electron chi connectivity index (χ3n) is 4.26. The lowest BCUT2D eigenvalue weighted by atomic mass is 9.53. The van der Waals surface area contributed by atoms with E-state index in [1.54, 1.807) is 0 Å². The number of rotatable bonds is 2. The van der Waals surface area contributed by atoms with Gasteiger partial charge >= 0.3 is 6.18 Å². The van der Waals surface area contributed by atoms with E-state index in [2.05, 4.69) is 4.98 Å². The van der Waals surface area contributed by atoms with Crippen LogP contribution < -0.4 is 4.74 Å². The lowest BCUT2D eigenvalue weighted by molar-refractivity contribution is -0.141. The van der Waals surface area contributed by atoms with Crippen molar-refractivity contribution in [2.24, 2.45) is 10.8 Å². The molecule has 0 spiro atoms. The highest BCUT2D eigenvalue weighted by atomic mass is 19.4. The van der Waals surface area contributed by atoms with Crippen LogP contribution >= 0.6 is 0 Å². The molecule has 1 aliphatic carbocycles. The van der Waals surface area contributed by atoms with Crippen molar-refractivity contribution in [2.45, 2.75) is 53.3 Å². The molecule has 1 aromatic heterocycles. The predicted molar refractivity (Wildman–Crippen MR) is 75.3 cm³/mol. The molecule has 0 saturated heterocycles. The number of nitriles is 1. The quantitative estimate of drug-likeness (QED) is 0.808. The highest BCUT2D eigenvalue weighted by molar-refractivity contribution is 5.46. The SMILES string of the molecule is Cc1c(OC2C(C)(C)CC2(C)C)cnc(C#N)c1C(F)(F)F. The minimum Gasteiger partial charge on any atom is -0.487 e. The van der Waals surface area contributed by atoms with E-state index in [0.29, 0.717) is 0 Å². The van der Waals surface area contributed by atoms with Crippen LogP contribution in [0.4, 0.5) is 13.2 Å². The maximum Gasteiger partial charge on any atom is 0.419 e. The Hall–Kier alpha value is -1.77. The summed E-state index contributed by atoms with van der Waals surface area (Å²) in [6.45, 7) is 9.43. The molecule has 0 radical (unpaired) electrons. The predicted octanol–water partition coefficient (Wildman–Crippen LogP) is 4.48. The van der Waals surface area contributed by atoms with Gasteiger partial charge in [-0.05, 0) is 13.3 Å². The van der Waals surface area contributed by atoms with Gasteiger partial charge in [0.25, 0.3) is 0 Å². The number of hydrogen-bond acceptors (Lipinski definition) is 3. The van der Waals surface area contributed by atoms with E-state index >= 15 is 0 Å². The van der Waals surface area contributed by atoms with Gasteiger partial charge in [0.15, 0.2) is 5.69 Å². The number of halogens is 3. The molecule has 0 bridgehead atoms. The lowest BCUT2D eigenvalue weighted by Crippen LogP contribution is -2.58. The second-order valence-electron chi connectivity index (χ2n) is 7.23. The Morgan fingerprint density at radius 3 is 2.23 bits per heavy atom. The van der Waals surface area contributed by atoms with Gasteiger partial charge in [-0.3, -0.25) is 0 Å². The van der Waals surface area contributed by atoms with Crippen LogP contribution in [0.3, 0.4) is 0 Å². The minimum atomic E-state index is -4.63. The first-order chi connectivity index (χ1) is 9.90. The molecular formula is C16H19F3N2O. The van der Waals surface area contributed by atoms with Crippen molar-refractivity contribution >= 4 is 0 Å². The van der Waals surface area contributed by atoms with Crippen LogP contribution in [0.15, 0.2) is 6.20 Å². The van der Waals surface area contributed by atoms with E-state index in [4.69, 9.17) is 10.00 Å². The van der Waals surface area contributed by atoms with E-state index in [1.165, 1.54) is 19.2 Å². The third kappa shape index (κ3) is 2.65. The molecule has 120 valence electrons. The Morgan fingerprint density at radius 1 is 1.27 bits per heavy atom. The zero-order valence-electron chi connectivity index (χ0n) is 13.3. The molecule has 1 saturated carbocycles. The molecule has 0 aromatic carbocycles. The molecule has 6 heteroatoms. The third-order valence-corrected chi connectivity index (χ3v) is 4.26. The van der Waals surface area contributed by atoms with Crippen molar-refractivity contribution in [1.82, 2.24) is 4.98 Å². The molecule has 1 heterocycles. The molecule has 22 heavy (non-hydrogen) atoms. The second-order valence-corrected chi connectivity index (χ2v) is 7.23. The van der Waals surface area contributed by atoms with Crippen molar-refractivity contribution in [1.29, 1.82) is 5.26 Å². The van der Waals surface area contributed by atoms with Gasteiger partial charge in [0.1, 0.15) is 17.9 Å². The van der Waals surface area contributed by atoms with E-state index in [9.17, 15) is 13.2 Å². The first-order valence-electron chi connectivity index (χ1n) is 7.04. The topological polar surface area (TPSA) is 45.9 Å². The van der Waals surface area contributed by atoms with Gasteiger partial charge in [0.2, 0.25) is 0 Å². The average molecular weight is 312 g/mol. The van der Waals surface area contributed by atoms with Crippen molar-refractivity contribution in [2.75, 3.05) is 0 Å². The molecule has 1 aliphatic rings. The molecule has 0 atom stereocenters. The summed E-state index contributed by atoms with van der Waals surface area (Å²) >= 11 is 0. The number of ether oxygens (including phenoxy) is 1. The van der Waals surface area contributed by atoms with Crippen molar-refractivity contribution in [3.8, 4) is 11.8 Å². The Kier molecular flexibility index (Phi) is 3.67. The Bertz CT molecular complexity index is 628. The second kappa shape index (κ2) is 4.87. The van der Waals surface area contributed by atoms with Gasteiger partial charge in [-0.25, -0.2) is 4.98 Å². The summed E-state index contributed by atoms with van der Waals surface area (Å²) in [7, 11) is 0. The highest BCUT2D eigenvalue weighted by Gasteiger charge is 2.55. The van der Waals surface area contributed by atoms with Gasteiger partial charge in [0.05, 0.1) is 11.8 Å². The Balaban J connectivity index is 2.45. The standard InChI is InChI=1S/C16H19F3N2O/c1-9-11(22-13-14(2,3)8-15(13,4)5)7-21-10(6-20)12(9)16(17,18)19/h7,13H,8H2,1-5H3. The van der Waals surface area contributed by atoms with E-state index in [0.717, 1.165) is 6.42 Å². The summed E-state index contributed by atoms with van der Waals surface area (Å²) in [6, 6.07) is 1.50. The van der Waals surface area contributed by atoms with Gasteiger partial charge in [-0.15, -0.1) is 0 Å². The largest absolute Gasteiger partial charge is 0.487 e. The molecule has 2 rings (SSSR count). The number of alkyl halides is 3. The maximum absolute atomic E-state index is 13.2.